The Morgan fingerprint density at radius 1 is 1.25 bits per heavy atom. The fourth-order valence-corrected chi connectivity index (χ4v) is 1.22. The highest BCUT2D eigenvalue weighted by molar-refractivity contribution is 5.58. The minimum absolute atomic E-state index is 0.137. The molecular weight excluding hydrogens is 302 g/mol. The number of methoxy groups -OCH3 is 1. The van der Waals surface area contributed by atoms with Crippen LogP contribution in [-0.2, 0) is 6.18 Å². The van der Waals surface area contributed by atoms with Crippen molar-refractivity contribution in [1.29, 1.82) is 0 Å². The number of nitrogens with zero attached hydrogens (tertiary/aromatic N) is 2. The van der Waals surface area contributed by atoms with E-state index in [4.69, 9.17) is 0 Å². The zero-order valence-corrected chi connectivity index (χ0v) is 9.37. The van der Waals surface area contributed by atoms with Crippen LogP contribution in [-0.4, -0.2) is 23.4 Å². The molecule has 12 heteroatoms. The molecule has 0 saturated heterocycles. The first-order valence-corrected chi connectivity index (χ1v) is 4.51. The normalized spacial score (nSPS) is 12.2. The molecule has 0 unspecified atom stereocenters. The van der Waals surface area contributed by atoms with Crippen LogP contribution in [0.1, 0.15) is 5.56 Å². The van der Waals surface area contributed by atoms with Crippen LogP contribution in [0.15, 0.2) is 6.20 Å². The van der Waals surface area contributed by atoms with Crippen LogP contribution in [0.2, 0.25) is 0 Å². The lowest BCUT2D eigenvalue weighted by Crippen LogP contribution is -2.20. The summed E-state index contributed by atoms with van der Waals surface area (Å²) in [6.45, 7) is 0. The number of halogens is 6. The van der Waals surface area contributed by atoms with Gasteiger partial charge in [0.05, 0.1) is 18.2 Å². The minimum atomic E-state index is -5.30. The summed E-state index contributed by atoms with van der Waals surface area (Å²) in [5, 5.41) is 10.6. The fraction of sp³-hybridized carbons (Fsp3) is 0.375. The van der Waals surface area contributed by atoms with Gasteiger partial charge in [-0.1, -0.05) is 0 Å². The van der Waals surface area contributed by atoms with Gasteiger partial charge in [0.25, 0.3) is 11.6 Å². The van der Waals surface area contributed by atoms with Crippen LogP contribution in [0.4, 0.5) is 32.0 Å². The first-order valence-electron chi connectivity index (χ1n) is 4.51. The molecule has 0 bridgehead atoms. The molecule has 0 aliphatic rings. The SMILES string of the molecule is COc1c(OC(F)(F)F)ncc(C(F)(F)F)c1[N+](=O)[O-]. The van der Waals surface area contributed by atoms with Gasteiger partial charge in [0, 0.05) is 0 Å². The van der Waals surface area contributed by atoms with Crippen molar-refractivity contribution in [3.8, 4) is 11.6 Å². The van der Waals surface area contributed by atoms with Crippen LogP contribution >= 0.6 is 0 Å². The maximum Gasteiger partial charge on any atom is 0.574 e. The second-order valence-corrected chi connectivity index (χ2v) is 3.16. The van der Waals surface area contributed by atoms with Crippen LogP contribution < -0.4 is 9.47 Å². The molecule has 0 saturated carbocycles. The molecule has 0 spiro atoms. The Kier molecular flexibility index (Phi) is 3.96. The molecule has 0 aliphatic carbocycles. The highest BCUT2D eigenvalue weighted by Gasteiger charge is 2.44. The Labute approximate surface area is 106 Å². The highest BCUT2D eigenvalue weighted by Crippen LogP contribution is 2.45. The van der Waals surface area contributed by atoms with Crippen LogP contribution in [0.5, 0.6) is 11.6 Å². The Bertz CT molecular complexity index is 527. The van der Waals surface area contributed by atoms with E-state index in [1.807, 2.05) is 0 Å². The molecule has 0 N–H and O–H groups in total. The molecule has 0 atom stereocenters. The number of pyridine rings is 1. The summed E-state index contributed by atoms with van der Waals surface area (Å²) in [6.07, 6.45) is -10.6. The summed E-state index contributed by atoms with van der Waals surface area (Å²) >= 11 is 0. The summed E-state index contributed by atoms with van der Waals surface area (Å²) in [7, 11) is 0.646. The van der Waals surface area contributed by atoms with E-state index < -0.39 is 40.3 Å². The number of aromatic nitrogens is 1. The van der Waals surface area contributed by atoms with Crippen molar-refractivity contribution in [2.75, 3.05) is 7.11 Å². The number of rotatable bonds is 3. The summed E-state index contributed by atoms with van der Waals surface area (Å²) in [4.78, 5) is 11.8. The molecule has 0 fully saturated rings. The Hall–Kier alpha value is -2.27. The van der Waals surface area contributed by atoms with Gasteiger partial charge in [-0.2, -0.15) is 13.2 Å². The van der Waals surface area contributed by atoms with E-state index in [-0.39, 0.29) is 6.20 Å². The van der Waals surface area contributed by atoms with Crippen molar-refractivity contribution < 1.29 is 40.7 Å². The molecule has 0 aliphatic heterocycles. The van der Waals surface area contributed by atoms with E-state index in [0.717, 1.165) is 0 Å². The number of nitro groups is 1. The maximum absolute atomic E-state index is 12.5. The van der Waals surface area contributed by atoms with Gasteiger partial charge >= 0.3 is 18.2 Å². The first kappa shape index (κ1) is 15.8. The maximum atomic E-state index is 12.5. The van der Waals surface area contributed by atoms with Gasteiger partial charge < -0.3 is 9.47 Å². The van der Waals surface area contributed by atoms with E-state index in [0.29, 0.717) is 7.11 Å². The second-order valence-electron chi connectivity index (χ2n) is 3.16. The van der Waals surface area contributed by atoms with Gasteiger partial charge in [0.1, 0.15) is 0 Å². The predicted octanol–water partition coefficient (Wildman–Crippen LogP) is 2.92. The number of ether oxygens (including phenoxy) is 2. The summed E-state index contributed by atoms with van der Waals surface area (Å²) < 4.78 is 81.1. The zero-order valence-electron chi connectivity index (χ0n) is 9.37. The first-order chi connectivity index (χ1) is 8.97. The lowest BCUT2D eigenvalue weighted by atomic mass is 10.2. The van der Waals surface area contributed by atoms with Gasteiger partial charge in [-0.15, -0.1) is 13.2 Å². The Morgan fingerprint density at radius 3 is 2.15 bits per heavy atom. The van der Waals surface area contributed by atoms with Crippen molar-refractivity contribution >= 4 is 5.69 Å². The monoisotopic (exact) mass is 306 g/mol. The fourth-order valence-electron chi connectivity index (χ4n) is 1.22. The molecular formula is C8H4F6N2O4. The molecule has 1 aromatic heterocycles. The summed E-state index contributed by atoms with van der Waals surface area (Å²) in [5.41, 5.74) is -3.57. The average Bonchev–Trinajstić information content (AvgIpc) is 2.24. The second kappa shape index (κ2) is 5.02. The number of hydrogen-bond acceptors (Lipinski definition) is 5. The van der Waals surface area contributed by atoms with Gasteiger partial charge in [-0.3, -0.25) is 10.1 Å². The van der Waals surface area contributed by atoms with Crippen LogP contribution in [0.25, 0.3) is 0 Å². The van der Waals surface area contributed by atoms with Crippen molar-refractivity contribution in [1.82, 2.24) is 4.98 Å². The molecule has 1 rings (SSSR count). The van der Waals surface area contributed by atoms with Crippen molar-refractivity contribution in [3.63, 3.8) is 0 Å². The molecule has 6 nitrogen and oxygen atoms in total. The average molecular weight is 306 g/mol. The van der Waals surface area contributed by atoms with Gasteiger partial charge in [-0.25, -0.2) is 4.98 Å². The summed E-state index contributed by atoms with van der Waals surface area (Å²) in [5.74, 6) is -2.86. The molecule has 20 heavy (non-hydrogen) atoms. The quantitative estimate of drug-likeness (QED) is 0.487. The molecule has 112 valence electrons. The smallest absolute Gasteiger partial charge is 0.486 e. The standard InChI is InChI=1S/C8H4F6N2O4/c1-19-5-4(16(17)18)3(7(9,10)11)2-15-6(5)20-8(12,13)14/h2H,1H3. The molecule has 1 aromatic rings. The molecule has 1 heterocycles. The van der Waals surface area contributed by atoms with E-state index in [9.17, 15) is 36.5 Å². The van der Waals surface area contributed by atoms with E-state index in [1.54, 1.807) is 0 Å². The van der Waals surface area contributed by atoms with E-state index in [2.05, 4.69) is 14.5 Å². The largest absolute Gasteiger partial charge is 0.574 e. The highest BCUT2D eigenvalue weighted by atomic mass is 19.4. The lowest BCUT2D eigenvalue weighted by molar-refractivity contribution is -0.389. The third-order valence-corrected chi connectivity index (χ3v) is 1.88. The Morgan fingerprint density at radius 2 is 1.80 bits per heavy atom. The number of hydrogen-bond donors (Lipinski definition) is 0. The predicted molar refractivity (Wildman–Crippen MR) is 49.1 cm³/mol. The van der Waals surface area contributed by atoms with Crippen molar-refractivity contribution in [2.24, 2.45) is 0 Å². The van der Waals surface area contributed by atoms with Gasteiger partial charge in [0.15, 0.2) is 5.56 Å². The van der Waals surface area contributed by atoms with Gasteiger partial charge in [-0.05, 0) is 0 Å². The molecule has 0 aromatic carbocycles. The zero-order chi connectivity index (χ0) is 15.7. The lowest BCUT2D eigenvalue weighted by Gasteiger charge is -2.14. The Balaban J connectivity index is 3.54. The van der Waals surface area contributed by atoms with Crippen LogP contribution in [0.3, 0.4) is 0 Å². The third-order valence-electron chi connectivity index (χ3n) is 1.88. The topological polar surface area (TPSA) is 74.5 Å². The molecule has 0 amide bonds. The third kappa shape index (κ3) is 3.39. The molecule has 0 radical (unpaired) electrons. The van der Waals surface area contributed by atoms with E-state index in [1.165, 1.54) is 0 Å². The van der Waals surface area contributed by atoms with Crippen LogP contribution in [0, 0.1) is 10.1 Å². The van der Waals surface area contributed by atoms with Crippen molar-refractivity contribution in [2.45, 2.75) is 12.5 Å². The minimum Gasteiger partial charge on any atom is -0.486 e. The summed E-state index contributed by atoms with van der Waals surface area (Å²) in [6, 6.07) is 0. The number of alkyl halides is 6. The van der Waals surface area contributed by atoms with E-state index >= 15 is 0 Å². The van der Waals surface area contributed by atoms with Crippen molar-refractivity contribution in [3.05, 3.63) is 21.9 Å². The van der Waals surface area contributed by atoms with Gasteiger partial charge in [0.2, 0.25) is 0 Å².